The van der Waals surface area contributed by atoms with Crippen molar-refractivity contribution in [2.75, 3.05) is 6.54 Å². The lowest BCUT2D eigenvalue weighted by Gasteiger charge is -2.23. The molecule has 3 atom stereocenters. The van der Waals surface area contributed by atoms with E-state index in [0.717, 1.165) is 18.5 Å². The van der Waals surface area contributed by atoms with Gasteiger partial charge in [-0.05, 0) is 24.8 Å². The zero-order chi connectivity index (χ0) is 12.8. The molecule has 2 fully saturated rings. The molecule has 98 valence electrons. The summed E-state index contributed by atoms with van der Waals surface area (Å²) >= 11 is 0. The Hall–Kier alpha value is -1.95. The lowest BCUT2D eigenvalue weighted by Crippen LogP contribution is -2.44. The van der Waals surface area contributed by atoms with Gasteiger partial charge in [-0.3, -0.25) is 9.20 Å². The molecule has 2 bridgehead atoms. The van der Waals surface area contributed by atoms with Crippen LogP contribution in [0.25, 0.3) is 5.52 Å². The van der Waals surface area contributed by atoms with Crippen LogP contribution in [0.3, 0.4) is 0 Å². The van der Waals surface area contributed by atoms with Crippen LogP contribution in [-0.2, 0) is 0 Å². The highest BCUT2D eigenvalue weighted by Crippen LogP contribution is 2.31. The molecule has 1 amide bonds. The van der Waals surface area contributed by atoms with E-state index in [-0.39, 0.29) is 5.91 Å². The molecule has 0 radical (unpaired) electrons. The summed E-state index contributed by atoms with van der Waals surface area (Å²) in [6.07, 6.45) is 7.23. The highest BCUT2D eigenvalue weighted by atomic mass is 16.1. The summed E-state index contributed by atoms with van der Waals surface area (Å²) in [7, 11) is 0. The Bertz CT molecular complexity index is 637. The van der Waals surface area contributed by atoms with Crippen LogP contribution < -0.4 is 10.6 Å². The normalized spacial score (nSPS) is 28.9. The SMILES string of the molecule is O=C(N[C@@H]1C[C@H]2C[C@H]1CN2)c1cc2cncn2cn1. The molecule has 4 rings (SSSR count). The molecule has 2 aliphatic rings. The van der Waals surface area contributed by atoms with E-state index in [1.807, 2.05) is 0 Å². The van der Waals surface area contributed by atoms with Gasteiger partial charge < -0.3 is 10.6 Å². The van der Waals surface area contributed by atoms with E-state index < -0.39 is 0 Å². The zero-order valence-corrected chi connectivity index (χ0v) is 10.4. The summed E-state index contributed by atoms with van der Waals surface area (Å²) in [5.41, 5.74) is 1.35. The molecule has 0 unspecified atom stereocenters. The first-order valence-corrected chi connectivity index (χ1v) is 6.61. The molecule has 19 heavy (non-hydrogen) atoms. The van der Waals surface area contributed by atoms with Crippen molar-refractivity contribution in [1.29, 1.82) is 0 Å². The van der Waals surface area contributed by atoms with Crippen molar-refractivity contribution in [1.82, 2.24) is 25.0 Å². The molecule has 0 spiro atoms. The monoisotopic (exact) mass is 257 g/mol. The Morgan fingerprint density at radius 3 is 3.16 bits per heavy atom. The lowest BCUT2D eigenvalue weighted by atomic mass is 10.0. The number of piperidine rings is 1. The molecule has 3 heterocycles. The van der Waals surface area contributed by atoms with Crippen molar-refractivity contribution in [3.05, 3.63) is 30.6 Å². The summed E-state index contributed by atoms with van der Waals surface area (Å²) in [4.78, 5) is 20.4. The number of carbonyl (C=O) groups is 1. The van der Waals surface area contributed by atoms with Crippen molar-refractivity contribution in [2.45, 2.75) is 24.9 Å². The van der Waals surface area contributed by atoms with Crippen molar-refractivity contribution in [2.24, 2.45) is 5.92 Å². The molecule has 2 N–H and O–H groups in total. The van der Waals surface area contributed by atoms with Crippen LogP contribution in [0.15, 0.2) is 24.9 Å². The van der Waals surface area contributed by atoms with Gasteiger partial charge in [0.25, 0.3) is 5.91 Å². The van der Waals surface area contributed by atoms with Crippen LogP contribution in [0, 0.1) is 5.92 Å². The van der Waals surface area contributed by atoms with Crippen LogP contribution in [0.5, 0.6) is 0 Å². The van der Waals surface area contributed by atoms with Gasteiger partial charge in [0, 0.05) is 18.6 Å². The predicted molar refractivity (Wildman–Crippen MR) is 68.8 cm³/mol. The number of carbonyl (C=O) groups excluding carboxylic acids is 1. The molecule has 2 aromatic rings. The molecular formula is C13H15N5O. The minimum absolute atomic E-state index is 0.0822. The van der Waals surface area contributed by atoms with Crippen LogP contribution in [0.1, 0.15) is 23.3 Å². The molecule has 1 aliphatic heterocycles. The van der Waals surface area contributed by atoms with Gasteiger partial charge in [0.2, 0.25) is 0 Å². The number of amides is 1. The average Bonchev–Trinajstić information content (AvgIpc) is 3.13. The smallest absolute Gasteiger partial charge is 0.270 e. The first-order valence-electron chi connectivity index (χ1n) is 6.61. The van der Waals surface area contributed by atoms with Crippen molar-refractivity contribution >= 4 is 11.4 Å². The van der Waals surface area contributed by atoms with Gasteiger partial charge >= 0.3 is 0 Å². The fraction of sp³-hybridized carbons (Fsp3) is 0.462. The molecule has 6 nitrogen and oxygen atoms in total. The highest BCUT2D eigenvalue weighted by molar-refractivity contribution is 5.93. The Morgan fingerprint density at radius 1 is 1.42 bits per heavy atom. The number of imidazole rings is 1. The standard InChI is InChI=1S/C13H15N5O/c19-13(17-11-2-9-1-8(11)4-15-9)12-3-10-5-14-6-18(10)7-16-12/h3,5-9,11,15H,1-2,4H2,(H,17,19)/t8-,9+,11+/m0/s1. The first-order chi connectivity index (χ1) is 9.29. The Kier molecular flexibility index (Phi) is 2.32. The van der Waals surface area contributed by atoms with E-state index in [1.54, 1.807) is 29.3 Å². The maximum Gasteiger partial charge on any atom is 0.270 e. The third kappa shape index (κ3) is 1.79. The van der Waals surface area contributed by atoms with E-state index in [1.165, 1.54) is 6.42 Å². The van der Waals surface area contributed by atoms with Gasteiger partial charge in [-0.15, -0.1) is 0 Å². The van der Waals surface area contributed by atoms with Crippen LogP contribution in [-0.4, -0.2) is 38.9 Å². The minimum Gasteiger partial charge on any atom is -0.348 e. The van der Waals surface area contributed by atoms with Crippen LogP contribution in [0.4, 0.5) is 0 Å². The van der Waals surface area contributed by atoms with Gasteiger partial charge in [0.1, 0.15) is 18.3 Å². The summed E-state index contributed by atoms with van der Waals surface area (Å²) in [6, 6.07) is 2.65. The van der Waals surface area contributed by atoms with Crippen LogP contribution >= 0.6 is 0 Å². The second-order valence-electron chi connectivity index (χ2n) is 5.42. The molecule has 6 heteroatoms. The number of nitrogens with zero attached hydrogens (tertiary/aromatic N) is 3. The highest BCUT2D eigenvalue weighted by Gasteiger charge is 2.40. The third-order valence-corrected chi connectivity index (χ3v) is 4.21. The number of rotatable bonds is 2. The second kappa shape index (κ2) is 4.03. The second-order valence-corrected chi connectivity index (χ2v) is 5.42. The van der Waals surface area contributed by atoms with Gasteiger partial charge in [-0.1, -0.05) is 0 Å². The molecule has 1 saturated heterocycles. The van der Waals surface area contributed by atoms with Gasteiger partial charge in [-0.2, -0.15) is 0 Å². The minimum atomic E-state index is -0.0822. The summed E-state index contributed by atoms with van der Waals surface area (Å²) in [5, 5.41) is 6.55. The molecule has 0 aromatic carbocycles. The van der Waals surface area contributed by atoms with Gasteiger partial charge in [0.05, 0.1) is 11.7 Å². The maximum absolute atomic E-state index is 12.2. The number of hydrogen-bond acceptors (Lipinski definition) is 4. The van der Waals surface area contributed by atoms with E-state index in [0.29, 0.717) is 23.7 Å². The number of hydrogen-bond donors (Lipinski definition) is 2. The quantitative estimate of drug-likeness (QED) is 0.807. The van der Waals surface area contributed by atoms with Crippen molar-refractivity contribution < 1.29 is 4.79 Å². The fourth-order valence-corrected chi connectivity index (χ4v) is 3.20. The Balaban J connectivity index is 1.53. The van der Waals surface area contributed by atoms with E-state index in [9.17, 15) is 4.79 Å². The third-order valence-electron chi connectivity index (χ3n) is 4.21. The topological polar surface area (TPSA) is 71.3 Å². The molecule has 1 saturated carbocycles. The Morgan fingerprint density at radius 2 is 2.37 bits per heavy atom. The van der Waals surface area contributed by atoms with E-state index in [2.05, 4.69) is 20.6 Å². The van der Waals surface area contributed by atoms with Gasteiger partial charge in [-0.25, -0.2) is 9.97 Å². The largest absolute Gasteiger partial charge is 0.348 e. The number of nitrogens with one attached hydrogen (secondary N) is 2. The molecule has 1 aliphatic carbocycles. The van der Waals surface area contributed by atoms with E-state index in [4.69, 9.17) is 0 Å². The summed E-state index contributed by atoms with van der Waals surface area (Å²) < 4.78 is 1.79. The van der Waals surface area contributed by atoms with Crippen molar-refractivity contribution in [3.63, 3.8) is 0 Å². The number of fused-ring (bicyclic) bond motifs is 3. The Labute approximate surface area is 110 Å². The molecule has 2 aromatic heterocycles. The van der Waals surface area contributed by atoms with Gasteiger partial charge in [0.15, 0.2) is 0 Å². The number of aromatic nitrogens is 3. The van der Waals surface area contributed by atoms with Crippen molar-refractivity contribution in [3.8, 4) is 0 Å². The summed E-state index contributed by atoms with van der Waals surface area (Å²) in [5.74, 6) is 0.494. The fourth-order valence-electron chi connectivity index (χ4n) is 3.20. The predicted octanol–water partition coefficient (Wildman–Crippen LogP) is 0.209. The average molecular weight is 257 g/mol. The summed E-state index contributed by atoms with van der Waals surface area (Å²) in [6.45, 7) is 1.02. The van der Waals surface area contributed by atoms with E-state index >= 15 is 0 Å². The zero-order valence-electron chi connectivity index (χ0n) is 10.4. The van der Waals surface area contributed by atoms with Crippen LogP contribution in [0.2, 0.25) is 0 Å². The molecular weight excluding hydrogens is 242 g/mol. The first kappa shape index (κ1) is 10.9. The maximum atomic E-state index is 12.2. The lowest BCUT2D eigenvalue weighted by molar-refractivity contribution is 0.0920.